The van der Waals surface area contributed by atoms with E-state index in [1.165, 1.54) is 13.2 Å². The molecule has 0 unspecified atom stereocenters. The van der Waals surface area contributed by atoms with E-state index in [0.717, 1.165) is 16.8 Å². The van der Waals surface area contributed by atoms with Gasteiger partial charge in [-0.1, -0.05) is 6.07 Å². The molecular formula is C20H19F3N2O4. The molecule has 2 aromatic rings. The Kier molecular flexibility index (Phi) is 5.95. The van der Waals surface area contributed by atoms with Gasteiger partial charge in [0, 0.05) is 17.8 Å². The second-order valence-corrected chi connectivity index (χ2v) is 6.53. The smallest absolute Gasteiger partial charge is 0.422 e. The fourth-order valence-electron chi connectivity index (χ4n) is 2.93. The van der Waals surface area contributed by atoms with Gasteiger partial charge in [0.1, 0.15) is 0 Å². The molecule has 1 aliphatic rings. The number of methoxy groups -OCH3 is 1. The summed E-state index contributed by atoms with van der Waals surface area (Å²) in [5, 5.41) is 5.50. The number of aryl methyl sites for hydroxylation is 1. The second-order valence-electron chi connectivity index (χ2n) is 6.53. The lowest BCUT2D eigenvalue weighted by Crippen LogP contribution is -2.19. The van der Waals surface area contributed by atoms with E-state index in [2.05, 4.69) is 10.6 Å². The van der Waals surface area contributed by atoms with Gasteiger partial charge in [0.15, 0.2) is 18.1 Å². The minimum absolute atomic E-state index is 0.0145. The predicted octanol–water partition coefficient (Wildman–Crippen LogP) is 3.70. The fraction of sp³-hybridized carbons (Fsp3) is 0.300. The first-order chi connectivity index (χ1) is 13.7. The molecule has 2 aromatic carbocycles. The zero-order valence-corrected chi connectivity index (χ0v) is 15.6. The van der Waals surface area contributed by atoms with Crippen LogP contribution in [-0.2, 0) is 22.4 Å². The normalized spacial score (nSPS) is 12.9. The zero-order chi connectivity index (χ0) is 21.0. The third-order valence-electron chi connectivity index (χ3n) is 4.27. The number of carbonyl (C=O) groups excluding carboxylic acids is 2. The van der Waals surface area contributed by atoms with Gasteiger partial charge in [0.2, 0.25) is 11.8 Å². The molecule has 1 heterocycles. The third kappa shape index (κ3) is 5.63. The largest absolute Gasteiger partial charge is 0.493 e. The highest BCUT2D eigenvalue weighted by molar-refractivity contribution is 6.00. The summed E-state index contributed by atoms with van der Waals surface area (Å²) in [7, 11) is 1.33. The molecule has 2 N–H and O–H groups in total. The molecule has 1 aliphatic heterocycles. The predicted molar refractivity (Wildman–Crippen MR) is 100 cm³/mol. The molecule has 0 fully saturated rings. The molecule has 0 radical (unpaired) electrons. The number of hydrogen-bond donors (Lipinski definition) is 2. The number of ether oxygens (including phenoxy) is 2. The number of amides is 2. The zero-order valence-electron chi connectivity index (χ0n) is 15.6. The quantitative estimate of drug-likeness (QED) is 0.733. The highest BCUT2D eigenvalue weighted by Crippen LogP contribution is 2.30. The number of benzene rings is 2. The lowest BCUT2D eigenvalue weighted by Gasteiger charge is -2.13. The molecule has 29 heavy (non-hydrogen) atoms. The summed E-state index contributed by atoms with van der Waals surface area (Å²) >= 11 is 0. The molecule has 0 aliphatic carbocycles. The first-order valence-corrected chi connectivity index (χ1v) is 8.82. The van der Waals surface area contributed by atoms with Gasteiger partial charge in [-0.2, -0.15) is 13.2 Å². The van der Waals surface area contributed by atoms with Crippen molar-refractivity contribution >= 4 is 23.2 Å². The van der Waals surface area contributed by atoms with Gasteiger partial charge in [0.25, 0.3) is 0 Å². The summed E-state index contributed by atoms with van der Waals surface area (Å²) in [4.78, 5) is 23.6. The lowest BCUT2D eigenvalue weighted by atomic mass is 10.1. The number of carbonyl (C=O) groups is 2. The molecule has 0 atom stereocenters. The Morgan fingerprint density at radius 3 is 2.69 bits per heavy atom. The molecule has 0 spiro atoms. The minimum atomic E-state index is -4.44. The van der Waals surface area contributed by atoms with Crippen LogP contribution in [0.1, 0.15) is 17.5 Å². The highest BCUT2D eigenvalue weighted by Gasteiger charge is 2.29. The molecule has 0 bridgehead atoms. The van der Waals surface area contributed by atoms with Gasteiger partial charge in [-0.05, 0) is 47.9 Å². The maximum atomic E-state index is 12.3. The van der Waals surface area contributed by atoms with E-state index in [1.807, 2.05) is 0 Å². The van der Waals surface area contributed by atoms with Crippen LogP contribution < -0.4 is 20.1 Å². The van der Waals surface area contributed by atoms with Crippen molar-refractivity contribution in [3.63, 3.8) is 0 Å². The Hall–Kier alpha value is -3.23. The van der Waals surface area contributed by atoms with Crippen molar-refractivity contribution in [3.8, 4) is 11.5 Å². The topological polar surface area (TPSA) is 76.7 Å². The van der Waals surface area contributed by atoms with Crippen LogP contribution in [-0.4, -0.2) is 31.7 Å². The van der Waals surface area contributed by atoms with Crippen LogP contribution in [0.2, 0.25) is 0 Å². The van der Waals surface area contributed by atoms with E-state index in [0.29, 0.717) is 12.1 Å². The van der Waals surface area contributed by atoms with Crippen molar-refractivity contribution in [1.82, 2.24) is 0 Å². The summed E-state index contributed by atoms with van der Waals surface area (Å²) in [6.07, 6.45) is -3.63. The average Bonchev–Trinajstić information content (AvgIpc) is 3.03. The maximum Gasteiger partial charge on any atom is 0.422 e. The Morgan fingerprint density at radius 1 is 1.17 bits per heavy atom. The number of hydrogen-bond acceptors (Lipinski definition) is 4. The first-order valence-electron chi connectivity index (χ1n) is 8.82. The van der Waals surface area contributed by atoms with Gasteiger partial charge < -0.3 is 20.1 Å². The molecule has 3 rings (SSSR count). The molecule has 0 saturated carbocycles. The number of fused-ring (bicyclic) bond motifs is 1. The Morgan fingerprint density at radius 2 is 1.97 bits per heavy atom. The third-order valence-corrected chi connectivity index (χ3v) is 4.27. The van der Waals surface area contributed by atoms with Crippen LogP contribution in [0.25, 0.3) is 0 Å². The Bertz CT molecular complexity index is 928. The van der Waals surface area contributed by atoms with Crippen LogP contribution in [0.5, 0.6) is 11.5 Å². The van der Waals surface area contributed by atoms with E-state index in [1.54, 1.807) is 30.3 Å². The Balaban J connectivity index is 1.56. The molecule has 6 nitrogen and oxygen atoms in total. The van der Waals surface area contributed by atoms with Crippen molar-refractivity contribution in [2.75, 3.05) is 24.4 Å². The summed E-state index contributed by atoms with van der Waals surface area (Å²) < 4.78 is 46.7. The molecular weight excluding hydrogens is 389 g/mol. The summed E-state index contributed by atoms with van der Waals surface area (Å²) in [5.41, 5.74) is 2.89. The SMILES string of the molecule is COc1cc(CCC(=O)Nc2ccc3c(c2)CC(=O)N3)ccc1OCC(F)(F)F. The van der Waals surface area contributed by atoms with Crippen LogP contribution in [0.3, 0.4) is 0 Å². The number of nitrogens with one attached hydrogen (secondary N) is 2. The number of anilines is 2. The number of rotatable bonds is 7. The van der Waals surface area contributed by atoms with Gasteiger partial charge in [0.05, 0.1) is 13.5 Å². The second kappa shape index (κ2) is 8.42. The lowest BCUT2D eigenvalue weighted by molar-refractivity contribution is -0.153. The number of alkyl halides is 3. The summed E-state index contributed by atoms with van der Waals surface area (Å²) in [6, 6.07) is 9.72. The van der Waals surface area contributed by atoms with E-state index in [4.69, 9.17) is 9.47 Å². The monoisotopic (exact) mass is 408 g/mol. The van der Waals surface area contributed by atoms with Crippen LogP contribution in [0.15, 0.2) is 36.4 Å². The van der Waals surface area contributed by atoms with E-state index in [9.17, 15) is 22.8 Å². The summed E-state index contributed by atoms with van der Waals surface area (Å²) in [6.45, 7) is -1.41. The van der Waals surface area contributed by atoms with Crippen molar-refractivity contribution in [3.05, 3.63) is 47.5 Å². The average molecular weight is 408 g/mol. The van der Waals surface area contributed by atoms with E-state index >= 15 is 0 Å². The fourth-order valence-corrected chi connectivity index (χ4v) is 2.93. The standard InChI is InChI=1S/C20H19F3N2O4/c1-28-17-8-12(2-6-16(17)29-11-20(21,22)23)3-7-18(26)24-14-4-5-15-13(9-14)10-19(27)25-15/h2,4-6,8-9H,3,7,10-11H2,1H3,(H,24,26)(H,25,27). The van der Waals surface area contributed by atoms with Crippen molar-refractivity contribution in [2.45, 2.75) is 25.4 Å². The minimum Gasteiger partial charge on any atom is -0.493 e. The molecule has 2 amide bonds. The van der Waals surface area contributed by atoms with E-state index in [-0.39, 0.29) is 36.2 Å². The van der Waals surface area contributed by atoms with Crippen molar-refractivity contribution < 1.29 is 32.2 Å². The van der Waals surface area contributed by atoms with E-state index < -0.39 is 12.8 Å². The summed E-state index contributed by atoms with van der Waals surface area (Å²) in [5.74, 6) is -0.152. The molecule has 154 valence electrons. The molecule has 0 saturated heterocycles. The molecule has 9 heteroatoms. The maximum absolute atomic E-state index is 12.3. The highest BCUT2D eigenvalue weighted by atomic mass is 19.4. The Labute approximate surface area is 165 Å². The van der Waals surface area contributed by atoms with Gasteiger partial charge in [-0.25, -0.2) is 0 Å². The van der Waals surface area contributed by atoms with Gasteiger partial charge in [-0.3, -0.25) is 9.59 Å². The molecule has 0 aromatic heterocycles. The van der Waals surface area contributed by atoms with Crippen molar-refractivity contribution in [1.29, 1.82) is 0 Å². The van der Waals surface area contributed by atoms with Crippen molar-refractivity contribution in [2.24, 2.45) is 0 Å². The van der Waals surface area contributed by atoms with Gasteiger partial charge in [-0.15, -0.1) is 0 Å². The number of halogens is 3. The first kappa shape index (κ1) is 20.5. The van der Waals surface area contributed by atoms with Crippen LogP contribution in [0.4, 0.5) is 24.5 Å². The van der Waals surface area contributed by atoms with Crippen LogP contribution >= 0.6 is 0 Å². The van der Waals surface area contributed by atoms with Gasteiger partial charge >= 0.3 is 6.18 Å². The van der Waals surface area contributed by atoms with Crippen LogP contribution in [0, 0.1) is 0 Å².